The van der Waals surface area contributed by atoms with Crippen molar-refractivity contribution in [2.24, 2.45) is 4.99 Å². The molecule has 9 heteroatoms. The number of benzene rings is 2. The third-order valence-electron chi connectivity index (χ3n) is 4.71. The normalized spacial score (nSPS) is 17.2. The molecule has 152 valence electrons. The smallest absolute Gasteiger partial charge is 0.204 e. The fourth-order valence-electron chi connectivity index (χ4n) is 3.20. The lowest BCUT2D eigenvalue weighted by molar-refractivity contribution is 0.0291. The number of hydrogen-bond donors (Lipinski definition) is 3. The van der Waals surface area contributed by atoms with E-state index in [2.05, 4.69) is 11.4 Å². The molecule has 1 aliphatic heterocycles. The van der Waals surface area contributed by atoms with Gasteiger partial charge in [-0.25, -0.2) is 4.98 Å². The van der Waals surface area contributed by atoms with Gasteiger partial charge >= 0.3 is 0 Å². The van der Waals surface area contributed by atoms with Gasteiger partial charge in [0, 0.05) is 12.7 Å². The third-order valence-corrected chi connectivity index (χ3v) is 5.74. The number of aromatic nitrogens is 1. The molecule has 4 rings (SSSR count). The van der Waals surface area contributed by atoms with Crippen molar-refractivity contribution in [2.75, 3.05) is 16.7 Å². The predicted octanol–water partition coefficient (Wildman–Crippen LogP) is 3.69. The van der Waals surface area contributed by atoms with Crippen molar-refractivity contribution in [3.05, 3.63) is 66.4 Å². The lowest BCUT2D eigenvalue weighted by Gasteiger charge is -2.32. The van der Waals surface area contributed by atoms with E-state index < -0.39 is 0 Å². The summed E-state index contributed by atoms with van der Waals surface area (Å²) < 4.78 is 1.08. The van der Waals surface area contributed by atoms with Crippen LogP contribution < -0.4 is 15.4 Å². The zero-order valence-electron chi connectivity index (χ0n) is 16.0. The number of nitrogens with one attached hydrogen (secondary N) is 1. The first-order valence-corrected chi connectivity index (χ1v) is 10.2. The summed E-state index contributed by atoms with van der Waals surface area (Å²) in [4.78, 5) is 11.4. The maximum Gasteiger partial charge on any atom is 0.204 e. The van der Waals surface area contributed by atoms with Crippen molar-refractivity contribution >= 4 is 38.3 Å². The molecule has 1 unspecified atom stereocenters. The number of anilines is 2. The van der Waals surface area contributed by atoms with Gasteiger partial charge in [0.05, 0.1) is 34.4 Å². The first-order valence-electron chi connectivity index (χ1n) is 9.42. The number of nitriles is 1. The van der Waals surface area contributed by atoms with Crippen LogP contribution in [0.1, 0.15) is 12.0 Å². The van der Waals surface area contributed by atoms with Gasteiger partial charge in [0.15, 0.2) is 5.13 Å². The summed E-state index contributed by atoms with van der Waals surface area (Å²) in [5.41, 5.74) is 2.24. The zero-order chi connectivity index (χ0) is 20.9. The quantitative estimate of drug-likeness (QED) is 0.522. The molecule has 3 N–H and O–H groups in total. The van der Waals surface area contributed by atoms with Gasteiger partial charge < -0.3 is 5.32 Å². The number of guanidine groups is 1. The molecular weight excluding hydrogens is 400 g/mol. The predicted molar refractivity (Wildman–Crippen MR) is 117 cm³/mol. The Bertz CT molecular complexity index is 1080. The Kier molecular flexibility index (Phi) is 5.90. The topological polar surface area (TPSA) is 108 Å². The average molecular weight is 420 g/mol. The lowest BCUT2D eigenvalue weighted by atomic mass is 10.1. The van der Waals surface area contributed by atoms with Crippen LogP contribution in [0.4, 0.5) is 10.8 Å². The van der Waals surface area contributed by atoms with E-state index in [9.17, 15) is 5.26 Å². The summed E-state index contributed by atoms with van der Waals surface area (Å²) >= 11 is 1.57. The van der Waals surface area contributed by atoms with Gasteiger partial charge in [-0.1, -0.05) is 35.6 Å². The Labute approximate surface area is 177 Å². The van der Waals surface area contributed by atoms with Crippen molar-refractivity contribution in [1.82, 2.24) is 10.3 Å². The maximum atomic E-state index is 9.27. The Morgan fingerprint density at radius 2 is 2.00 bits per heavy atom. The molecule has 0 aliphatic carbocycles. The molecule has 0 radical (unpaired) electrons. The summed E-state index contributed by atoms with van der Waals surface area (Å²) in [7, 11) is 0. The van der Waals surface area contributed by atoms with Crippen LogP contribution in [0.15, 0.2) is 65.8 Å². The van der Waals surface area contributed by atoms with E-state index in [0.29, 0.717) is 31.0 Å². The molecule has 8 nitrogen and oxygen atoms in total. The van der Waals surface area contributed by atoms with Crippen LogP contribution in [-0.4, -0.2) is 33.9 Å². The highest BCUT2D eigenvalue weighted by atomic mass is 32.1. The fourth-order valence-corrected chi connectivity index (χ4v) is 4.23. The molecule has 2 aromatic carbocycles. The Morgan fingerprint density at radius 1 is 1.20 bits per heavy atom. The van der Waals surface area contributed by atoms with Gasteiger partial charge in [-0.05, 0) is 42.3 Å². The van der Waals surface area contributed by atoms with E-state index in [1.165, 1.54) is 0 Å². The Morgan fingerprint density at radius 3 is 2.73 bits per heavy atom. The van der Waals surface area contributed by atoms with E-state index in [4.69, 9.17) is 20.4 Å². The van der Waals surface area contributed by atoms with E-state index in [0.717, 1.165) is 20.9 Å². The van der Waals surface area contributed by atoms with E-state index in [1.54, 1.807) is 23.5 Å². The van der Waals surface area contributed by atoms with Crippen LogP contribution in [0, 0.1) is 11.3 Å². The second-order valence-electron chi connectivity index (χ2n) is 6.68. The van der Waals surface area contributed by atoms with Gasteiger partial charge in [0.2, 0.25) is 5.96 Å². The molecule has 3 aromatic rings. The van der Waals surface area contributed by atoms with Crippen molar-refractivity contribution in [3.8, 4) is 6.07 Å². The van der Waals surface area contributed by atoms with Crippen LogP contribution in [0.5, 0.6) is 0 Å². The molecule has 0 saturated heterocycles. The number of para-hydroxylation sites is 1. The van der Waals surface area contributed by atoms with Crippen LogP contribution in [0.2, 0.25) is 0 Å². The molecule has 1 aliphatic rings. The van der Waals surface area contributed by atoms with Crippen molar-refractivity contribution in [1.29, 1.82) is 5.26 Å². The molecule has 0 saturated carbocycles. The van der Waals surface area contributed by atoms with Crippen LogP contribution in [0.3, 0.4) is 0 Å². The van der Waals surface area contributed by atoms with Crippen LogP contribution >= 0.6 is 11.3 Å². The van der Waals surface area contributed by atoms with Gasteiger partial charge in [-0.2, -0.15) is 5.26 Å². The zero-order valence-corrected chi connectivity index (χ0v) is 16.8. The SMILES string of the molecule is N#CCC1C=CNC(=NCCc2ccc(N(O)O)cc2)N1c1nc2ccccc2s1. The molecule has 1 atom stereocenters. The lowest BCUT2D eigenvalue weighted by Crippen LogP contribution is -2.48. The maximum absolute atomic E-state index is 9.27. The van der Waals surface area contributed by atoms with Gasteiger partial charge in [0.1, 0.15) is 0 Å². The fraction of sp³-hybridized carbons (Fsp3) is 0.190. The minimum Gasteiger partial charge on any atom is -0.333 e. The van der Waals surface area contributed by atoms with Gasteiger partial charge in [0.25, 0.3) is 0 Å². The molecule has 1 aromatic heterocycles. The summed E-state index contributed by atoms with van der Waals surface area (Å²) in [6, 6.07) is 17.0. The van der Waals surface area contributed by atoms with E-state index in [1.807, 2.05) is 53.6 Å². The molecule has 0 amide bonds. The molecular formula is C21H20N6O2S. The number of fused-ring (bicyclic) bond motifs is 1. The van der Waals surface area contributed by atoms with E-state index in [-0.39, 0.29) is 11.3 Å². The van der Waals surface area contributed by atoms with Crippen LogP contribution in [-0.2, 0) is 6.42 Å². The minimum absolute atomic E-state index is 0.0908. The molecule has 30 heavy (non-hydrogen) atoms. The number of thiazole rings is 1. The molecule has 0 spiro atoms. The largest absolute Gasteiger partial charge is 0.333 e. The third kappa shape index (κ3) is 4.26. The number of hydrogen-bond acceptors (Lipinski definition) is 7. The Balaban J connectivity index is 1.56. The summed E-state index contributed by atoms with van der Waals surface area (Å²) in [6.07, 6.45) is 4.77. The van der Waals surface area contributed by atoms with Crippen LogP contribution in [0.25, 0.3) is 10.2 Å². The Hall–Kier alpha value is -3.45. The standard InChI is InChI=1S/C21H20N6O2S/c22-12-9-16-11-14-24-20(23-13-10-15-5-7-17(8-6-15)27(28)29)26(16)21-25-18-3-1-2-4-19(18)30-21/h1-8,11,14,16,28-29H,9-10,13H2,(H,23,24). The van der Waals surface area contributed by atoms with Crippen molar-refractivity contribution in [2.45, 2.75) is 18.9 Å². The minimum atomic E-state index is -0.144. The first-order chi connectivity index (χ1) is 14.7. The number of aliphatic imine (C=N–C) groups is 1. The van der Waals surface area contributed by atoms with Gasteiger partial charge in [-0.15, -0.1) is 5.23 Å². The van der Waals surface area contributed by atoms with Crippen molar-refractivity contribution < 1.29 is 10.4 Å². The van der Waals surface area contributed by atoms with E-state index >= 15 is 0 Å². The summed E-state index contributed by atoms with van der Waals surface area (Å²) in [6.45, 7) is 0.526. The highest BCUT2D eigenvalue weighted by molar-refractivity contribution is 7.22. The summed E-state index contributed by atoms with van der Waals surface area (Å²) in [5.74, 6) is 0.658. The second-order valence-corrected chi connectivity index (χ2v) is 7.69. The second kappa shape index (κ2) is 8.92. The highest BCUT2D eigenvalue weighted by Crippen LogP contribution is 2.31. The van der Waals surface area contributed by atoms with Crippen molar-refractivity contribution in [3.63, 3.8) is 0 Å². The first kappa shape index (κ1) is 19.8. The molecule has 0 fully saturated rings. The molecule has 0 bridgehead atoms. The average Bonchev–Trinajstić information content (AvgIpc) is 3.18. The molecule has 2 heterocycles. The number of rotatable bonds is 6. The highest BCUT2D eigenvalue weighted by Gasteiger charge is 2.27. The van der Waals surface area contributed by atoms with Gasteiger partial charge in [-0.3, -0.25) is 20.3 Å². The monoisotopic (exact) mass is 420 g/mol. The number of nitrogens with zero attached hydrogens (tertiary/aromatic N) is 5. The summed E-state index contributed by atoms with van der Waals surface area (Å²) in [5, 5.41) is 31.4.